The molecule has 0 bridgehead atoms. The Bertz CT molecular complexity index is 773. The zero-order valence-electron chi connectivity index (χ0n) is 13.6. The lowest BCUT2D eigenvalue weighted by Gasteiger charge is -2.28. The smallest absolute Gasteiger partial charge is 0.274 e. The standard InChI is InChI=1S/C18H19N5O/c1-13-20-16(11-17(21-13)23-9-3-2-4-10-23)18(24)22-15-7-5-14(12-19)6-8-15/h5-8,11H,2-4,9-10H2,1H3,(H,22,24). The first kappa shape index (κ1) is 15.9. The fourth-order valence-corrected chi connectivity index (χ4v) is 2.78. The molecule has 0 radical (unpaired) electrons. The number of nitrogens with one attached hydrogen (secondary N) is 1. The molecule has 1 fully saturated rings. The molecule has 24 heavy (non-hydrogen) atoms. The second-order valence-corrected chi connectivity index (χ2v) is 5.85. The van der Waals surface area contributed by atoms with Crippen LogP contribution in [-0.4, -0.2) is 29.0 Å². The van der Waals surface area contributed by atoms with E-state index in [2.05, 4.69) is 26.3 Å². The van der Waals surface area contributed by atoms with Crippen LogP contribution in [0.4, 0.5) is 11.5 Å². The van der Waals surface area contributed by atoms with Gasteiger partial charge in [-0.3, -0.25) is 4.79 Å². The van der Waals surface area contributed by atoms with Crippen LogP contribution in [0.2, 0.25) is 0 Å². The van der Waals surface area contributed by atoms with Gasteiger partial charge in [-0.15, -0.1) is 0 Å². The fraction of sp³-hybridized carbons (Fsp3) is 0.333. The molecule has 122 valence electrons. The van der Waals surface area contributed by atoms with Gasteiger partial charge in [0.15, 0.2) is 0 Å². The summed E-state index contributed by atoms with van der Waals surface area (Å²) in [5.74, 6) is 1.12. The summed E-state index contributed by atoms with van der Waals surface area (Å²) in [5.41, 5.74) is 1.54. The number of aromatic nitrogens is 2. The number of amides is 1. The summed E-state index contributed by atoms with van der Waals surface area (Å²) in [6.45, 7) is 3.73. The van der Waals surface area contributed by atoms with Crippen molar-refractivity contribution < 1.29 is 4.79 Å². The summed E-state index contributed by atoms with van der Waals surface area (Å²) in [6.07, 6.45) is 3.54. The van der Waals surface area contributed by atoms with Crippen LogP contribution in [-0.2, 0) is 0 Å². The predicted molar refractivity (Wildman–Crippen MR) is 91.9 cm³/mol. The molecule has 0 atom stereocenters. The van der Waals surface area contributed by atoms with Gasteiger partial charge >= 0.3 is 0 Å². The minimum absolute atomic E-state index is 0.275. The minimum atomic E-state index is -0.275. The van der Waals surface area contributed by atoms with E-state index < -0.39 is 0 Å². The average molecular weight is 321 g/mol. The largest absolute Gasteiger partial charge is 0.356 e. The van der Waals surface area contributed by atoms with Crippen LogP contribution in [0.5, 0.6) is 0 Å². The van der Waals surface area contributed by atoms with E-state index in [-0.39, 0.29) is 5.91 Å². The number of hydrogen-bond donors (Lipinski definition) is 1. The molecule has 6 nitrogen and oxygen atoms in total. The maximum absolute atomic E-state index is 12.5. The number of nitriles is 1. The zero-order chi connectivity index (χ0) is 16.9. The number of rotatable bonds is 3. The maximum atomic E-state index is 12.5. The first-order valence-electron chi connectivity index (χ1n) is 8.08. The molecule has 1 aromatic heterocycles. The Morgan fingerprint density at radius 3 is 2.54 bits per heavy atom. The third kappa shape index (κ3) is 3.69. The zero-order valence-corrected chi connectivity index (χ0v) is 13.6. The average Bonchev–Trinajstić information content (AvgIpc) is 2.62. The Hall–Kier alpha value is -2.94. The van der Waals surface area contributed by atoms with Crippen LogP contribution < -0.4 is 10.2 Å². The van der Waals surface area contributed by atoms with Crippen molar-refractivity contribution in [1.82, 2.24) is 9.97 Å². The molecule has 1 aromatic carbocycles. The molecule has 0 saturated carbocycles. The lowest BCUT2D eigenvalue weighted by Crippen LogP contribution is -2.31. The van der Waals surface area contributed by atoms with E-state index in [1.807, 2.05) is 0 Å². The predicted octanol–water partition coefficient (Wildman–Crippen LogP) is 2.90. The number of carbonyl (C=O) groups is 1. The third-order valence-electron chi connectivity index (χ3n) is 4.01. The Balaban J connectivity index is 1.78. The lowest BCUT2D eigenvalue weighted by atomic mass is 10.1. The van der Waals surface area contributed by atoms with Crippen molar-refractivity contribution in [2.75, 3.05) is 23.3 Å². The molecule has 0 aliphatic carbocycles. The number of nitrogens with zero attached hydrogens (tertiary/aromatic N) is 4. The lowest BCUT2D eigenvalue weighted by molar-refractivity contribution is 0.102. The Morgan fingerprint density at radius 1 is 1.17 bits per heavy atom. The van der Waals surface area contributed by atoms with Crippen molar-refractivity contribution in [3.63, 3.8) is 0 Å². The van der Waals surface area contributed by atoms with E-state index in [0.29, 0.717) is 22.8 Å². The summed E-state index contributed by atoms with van der Waals surface area (Å²) < 4.78 is 0. The maximum Gasteiger partial charge on any atom is 0.274 e. The fourth-order valence-electron chi connectivity index (χ4n) is 2.78. The number of piperidine rings is 1. The van der Waals surface area contributed by atoms with Crippen molar-refractivity contribution in [1.29, 1.82) is 5.26 Å². The number of carbonyl (C=O) groups excluding carboxylic acids is 1. The van der Waals surface area contributed by atoms with Crippen LogP contribution >= 0.6 is 0 Å². The molecule has 0 spiro atoms. The molecule has 3 rings (SSSR count). The minimum Gasteiger partial charge on any atom is -0.356 e. The molecular formula is C18H19N5O. The highest BCUT2D eigenvalue weighted by Gasteiger charge is 2.16. The molecule has 2 aromatic rings. The SMILES string of the molecule is Cc1nc(C(=O)Nc2ccc(C#N)cc2)cc(N2CCCCC2)n1. The summed E-state index contributed by atoms with van der Waals surface area (Å²) in [6, 6.07) is 10.5. The van der Waals surface area contributed by atoms with E-state index in [1.165, 1.54) is 6.42 Å². The van der Waals surface area contributed by atoms with Gasteiger partial charge in [0, 0.05) is 24.8 Å². The normalized spacial score (nSPS) is 14.1. The number of aryl methyl sites for hydroxylation is 1. The van der Waals surface area contributed by atoms with Crippen molar-refractivity contribution >= 4 is 17.4 Å². The van der Waals surface area contributed by atoms with Crippen molar-refractivity contribution in [2.24, 2.45) is 0 Å². The Labute approximate surface area is 141 Å². The molecule has 1 N–H and O–H groups in total. The second-order valence-electron chi connectivity index (χ2n) is 5.85. The van der Waals surface area contributed by atoms with E-state index in [9.17, 15) is 4.79 Å². The molecule has 1 amide bonds. The number of benzene rings is 1. The molecular weight excluding hydrogens is 302 g/mol. The van der Waals surface area contributed by atoms with E-state index in [4.69, 9.17) is 5.26 Å². The van der Waals surface area contributed by atoms with Crippen LogP contribution in [0.1, 0.15) is 41.1 Å². The molecule has 1 aliphatic rings. The van der Waals surface area contributed by atoms with Crippen LogP contribution in [0.15, 0.2) is 30.3 Å². The van der Waals surface area contributed by atoms with Crippen LogP contribution in [0.3, 0.4) is 0 Å². The van der Waals surface area contributed by atoms with E-state index in [0.717, 1.165) is 31.7 Å². The number of hydrogen-bond acceptors (Lipinski definition) is 5. The summed E-state index contributed by atoms with van der Waals surface area (Å²) in [4.78, 5) is 23.4. The van der Waals surface area contributed by atoms with Gasteiger partial charge in [0.05, 0.1) is 11.6 Å². The first-order valence-corrected chi connectivity index (χ1v) is 8.08. The van der Waals surface area contributed by atoms with Crippen LogP contribution in [0.25, 0.3) is 0 Å². The van der Waals surface area contributed by atoms with Gasteiger partial charge < -0.3 is 10.2 Å². The first-order chi connectivity index (χ1) is 11.7. The molecule has 6 heteroatoms. The Morgan fingerprint density at radius 2 is 1.88 bits per heavy atom. The van der Waals surface area contributed by atoms with Gasteiger partial charge in [0.25, 0.3) is 5.91 Å². The van der Waals surface area contributed by atoms with E-state index >= 15 is 0 Å². The monoisotopic (exact) mass is 321 g/mol. The van der Waals surface area contributed by atoms with Crippen molar-refractivity contribution in [3.8, 4) is 6.07 Å². The number of anilines is 2. The highest BCUT2D eigenvalue weighted by molar-refractivity contribution is 6.03. The second kappa shape index (κ2) is 7.09. The summed E-state index contributed by atoms with van der Waals surface area (Å²) in [7, 11) is 0. The third-order valence-corrected chi connectivity index (χ3v) is 4.01. The summed E-state index contributed by atoms with van der Waals surface area (Å²) in [5, 5.41) is 11.6. The van der Waals surface area contributed by atoms with E-state index in [1.54, 1.807) is 37.3 Å². The Kier molecular flexibility index (Phi) is 4.71. The topological polar surface area (TPSA) is 81.9 Å². The van der Waals surface area contributed by atoms with Gasteiger partial charge in [-0.05, 0) is 50.5 Å². The van der Waals surface area contributed by atoms with Gasteiger partial charge in [0.1, 0.15) is 17.3 Å². The molecule has 2 heterocycles. The summed E-state index contributed by atoms with van der Waals surface area (Å²) >= 11 is 0. The molecule has 1 saturated heterocycles. The highest BCUT2D eigenvalue weighted by Crippen LogP contribution is 2.19. The van der Waals surface area contributed by atoms with Gasteiger partial charge in [-0.1, -0.05) is 0 Å². The molecule has 1 aliphatic heterocycles. The quantitative estimate of drug-likeness (QED) is 0.940. The van der Waals surface area contributed by atoms with Crippen molar-refractivity contribution in [2.45, 2.75) is 26.2 Å². The van der Waals surface area contributed by atoms with Crippen LogP contribution in [0, 0.1) is 18.3 Å². The molecule has 0 unspecified atom stereocenters. The van der Waals surface area contributed by atoms with Gasteiger partial charge in [-0.2, -0.15) is 5.26 Å². The van der Waals surface area contributed by atoms with Gasteiger partial charge in [-0.25, -0.2) is 9.97 Å². The highest BCUT2D eigenvalue weighted by atomic mass is 16.1. The van der Waals surface area contributed by atoms with Crippen molar-refractivity contribution in [3.05, 3.63) is 47.4 Å². The van der Waals surface area contributed by atoms with Gasteiger partial charge in [0.2, 0.25) is 0 Å².